The summed E-state index contributed by atoms with van der Waals surface area (Å²) in [6, 6.07) is 24.2. The van der Waals surface area contributed by atoms with Gasteiger partial charge in [-0.2, -0.15) is 4.99 Å². The summed E-state index contributed by atoms with van der Waals surface area (Å²) < 4.78 is 5.79. The SMILES string of the molecule is O=C1N=C(N2CCN(Cc3ccccc3)CC2)S/C1=C/c1ccc(OCc2ccc([N+](=O)[O-])cc2)cc1. The smallest absolute Gasteiger partial charge is 0.286 e. The van der Waals surface area contributed by atoms with Gasteiger partial charge in [-0.05, 0) is 58.8 Å². The molecule has 0 atom stereocenters. The Balaban J connectivity index is 1.12. The number of nitro groups is 1. The predicted molar refractivity (Wildman–Crippen MR) is 145 cm³/mol. The van der Waals surface area contributed by atoms with E-state index in [4.69, 9.17) is 4.74 Å². The maximum absolute atomic E-state index is 12.5. The molecule has 188 valence electrons. The number of benzene rings is 3. The number of piperazine rings is 1. The van der Waals surface area contributed by atoms with E-state index in [9.17, 15) is 14.9 Å². The highest BCUT2D eigenvalue weighted by Crippen LogP contribution is 2.31. The van der Waals surface area contributed by atoms with E-state index in [2.05, 4.69) is 39.1 Å². The van der Waals surface area contributed by atoms with E-state index >= 15 is 0 Å². The van der Waals surface area contributed by atoms with Gasteiger partial charge in [0, 0.05) is 44.9 Å². The Morgan fingerprint density at radius 3 is 2.30 bits per heavy atom. The second kappa shape index (κ2) is 11.4. The number of nitro benzene ring substituents is 1. The Morgan fingerprint density at radius 1 is 0.919 bits per heavy atom. The van der Waals surface area contributed by atoms with Gasteiger partial charge in [-0.3, -0.25) is 19.8 Å². The Labute approximate surface area is 219 Å². The third-order valence-corrected chi connectivity index (χ3v) is 7.28. The molecule has 37 heavy (non-hydrogen) atoms. The zero-order valence-corrected chi connectivity index (χ0v) is 21.0. The highest BCUT2D eigenvalue weighted by molar-refractivity contribution is 8.18. The van der Waals surface area contributed by atoms with E-state index in [1.165, 1.54) is 29.5 Å². The first kappa shape index (κ1) is 24.7. The highest BCUT2D eigenvalue weighted by Gasteiger charge is 2.28. The standard InChI is InChI=1S/C28H26N4O4S/c33-27-26(37-28(29-27)31-16-14-30(15-17-31)19-22-4-2-1-3-5-22)18-21-8-12-25(13-9-21)36-20-23-6-10-24(11-7-23)32(34)35/h1-13,18H,14-17,19-20H2/b26-18+. The number of nitrogens with zero attached hydrogens (tertiary/aromatic N) is 4. The lowest BCUT2D eigenvalue weighted by molar-refractivity contribution is -0.384. The van der Waals surface area contributed by atoms with Gasteiger partial charge in [-0.1, -0.05) is 42.5 Å². The van der Waals surface area contributed by atoms with Gasteiger partial charge in [0.2, 0.25) is 0 Å². The van der Waals surface area contributed by atoms with Crippen LogP contribution in [0.4, 0.5) is 5.69 Å². The van der Waals surface area contributed by atoms with E-state index in [1.807, 2.05) is 36.4 Å². The first-order chi connectivity index (χ1) is 18.0. The van der Waals surface area contributed by atoms with Crippen LogP contribution in [0.3, 0.4) is 0 Å². The quantitative estimate of drug-likeness (QED) is 0.250. The van der Waals surface area contributed by atoms with Gasteiger partial charge in [0.05, 0.1) is 9.83 Å². The summed E-state index contributed by atoms with van der Waals surface area (Å²) >= 11 is 1.43. The van der Waals surface area contributed by atoms with Crippen LogP contribution in [-0.4, -0.2) is 52.0 Å². The Morgan fingerprint density at radius 2 is 1.62 bits per heavy atom. The van der Waals surface area contributed by atoms with Crippen LogP contribution < -0.4 is 4.74 Å². The summed E-state index contributed by atoms with van der Waals surface area (Å²) in [7, 11) is 0. The minimum Gasteiger partial charge on any atom is -0.489 e. The molecule has 0 N–H and O–H groups in total. The average molecular weight is 515 g/mol. The number of hydrogen-bond donors (Lipinski definition) is 0. The normalized spacial score (nSPS) is 17.2. The van der Waals surface area contributed by atoms with Crippen LogP contribution in [0.2, 0.25) is 0 Å². The van der Waals surface area contributed by atoms with Crippen molar-refractivity contribution in [1.82, 2.24) is 9.80 Å². The number of thioether (sulfide) groups is 1. The molecule has 8 nitrogen and oxygen atoms in total. The van der Waals surface area contributed by atoms with Gasteiger partial charge in [0.25, 0.3) is 11.6 Å². The summed E-state index contributed by atoms with van der Waals surface area (Å²) in [6.07, 6.45) is 1.86. The molecule has 1 fully saturated rings. The average Bonchev–Trinajstić information content (AvgIpc) is 3.29. The van der Waals surface area contributed by atoms with Crippen molar-refractivity contribution in [1.29, 1.82) is 0 Å². The van der Waals surface area contributed by atoms with Gasteiger partial charge in [-0.15, -0.1) is 0 Å². The lowest BCUT2D eigenvalue weighted by Gasteiger charge is -2.35. The molecule has 2 aliphatic heterocycles. The number of carbonyl (C=O) groups is 1. The zero-order chi connectivity index (χ0) is 25.6. The molecule has 1 amide bonds. The lowest BCUT2D eigenvalue weighted by Crippen LogP contribution is -2.47. The van der Waals surface area contributed by atoms with Gasteiger partial charge in [0.1, 0.15) is 12.4 Å². The Bertz CT molecular complexity index is 1320. The monoisotopic (exact) mass is 514 g/mol. The molecule has 9 heteroatoms. The topological polar surface area (TPSA) is 88.3 Å². The second-order valence-electron chi connectivity index (χ2n) is 8.84. The van der Waals surface area contributed by atoms with Crippen molar-refractivity contribution in [2.45, 2.75) is 13.2 Å². The van der Waals surface area contributed by atoms with Crippen molar-refractivity contribution in [2.75, 3.05) is 26.2 Å². The molecule has 0 radical (unpaired) electrons. The summed E-state index contributed by atoms with van der Waals surface area (Å²) in [5.41, 5.74) is 3.10. The Kier molecular flexibility index (Phi) is 7.62. The van der Waals surface area contributed by atoms with Crippen LogP contribution in [0.5, 0.6) is 5.75 Å². The highest BCUT2D eigenvalue weighted by atomic mass is 32.2. The van der Waals surface area contributed by atoms with Crippen molar-refractivity contribution in [3.63, 3.8) is 0 Å². The zero-order valence-electron chi connectivity index (χ0n) is 20.2. The van der Waals surface area contributed by atoms with Crippen molar-refractivity contribution < 1.29 is 14.5 Å². The third-order valence-electron chi connectivity index (χ3n) is 6.23. The van der Waals surface area contributed by atoms with Crippen LogP contribution >= 0.6 is 11.8 Å². The van der Waals surface area contributed by atoms with Crippen molar-refractivity contribution >= 4 is 34.6 Å². The second-order valence-corrected chi connectivity index (χ2v) is 9.85. The molecule has 0 aliphatic carbocycles. The van der Waals surface area contributed by atoms with Gasteiger partial charge in [0.15, 0.2) is 5.17 Å². The summed E-state index contributed by atoms with van der Waals surface area (Å²) in [5.74, 6) is 0.474. The number of aliphatic imine (C=N–C) groups is 1. The molecule has 1 saturated heterocycles. The van der Waals surface area contributed by atoms with E-state index in [-0.39, 0.29) is 11.6 Å². The summed E-state index contributed by atoms with van der Waals surface area (Å²) in [4.78, 5) is 32.4. The van der Waals surface area contributed by atoms with Crippen molar-refractivity contribution in [2.24, 2.45) is 4.99 Å². The van der Waals surface area contributed by atoms with Crippen LogP contribution in [0.1, 0.15) is 16.7 Å². The first-order valence-corrected chi connectivity index (χ1v) is 12.9. The fourth-order valence-electron chi connectivity index (χ4n) is 4.16. The number of rotatable bonds is 7. The van der Waals surface area contributed by atoms with Crippen LogP contribution in [0.25, 0.3) is 6.08 Å². The minimum absolute atomic E-state index is 0.0536. The molecule has 5 rings (SSSR count). The lowest BCUT2D eigenvalue weighted by atomic mass is 10.2. The first-order valence-electron chi connectivity index (χ1n) is 12.0. The largest absolute Gasteiger partial charge is 0.489 e. The molecule has 0 spiro atoms. The molecule has 0 aromatic heterocycles. The fraction of sp³-hybridized carbons (Fsp3) is 0.214. The summed E-state index contributed by atoms with van der Waals surface area (Å²) in [6.45, 7) is 4.81. The van der Waals surface area contributed by atoms with Gasteiger partial charge < -0.3 is 9.64 Å². The molecule has 0 bridgehead atoms. The molecule has 3 aromatic rings. The van der Waals surface area contributed by atoms with Crippen molar-refractivity contribution in [3.05, 3.63) is 111 Å². The maximum Gasteiger partial charge on any atom is 0.286 e. The van der Waals surface area contributed by atoms with E-state index in [1.54, 1.807) is 12.1 Å². The van der Waals surface area contributed by atoms with Gasteiger partial charge in [-0.25, -0.2) is 0 Å². The number of amides is 1. The van der Waals surface area contributed by atoms with E-state index in [0.29, 0.717) is 17.3 Å². The summed E-state index contributed by atoms with van der Waals surface area (Å²) in [5, 5.41) is 11.5. The number of hydrogen-bond acceptors (Lipinski definition) is 7. The number of carbonyl (C=O) groups excluding carboxylic acids is 1. The molecule has 0 saturated carbocycles. The van der Waals surface area contributed by atoms with Crippen molar-refractivity contribution in [3.8, 4) is 5.75 Å². The molecule has 2 aliphatic rings. The number of non-ortho nitro benzene ring substituents is 1. The molecular formula is C28H26N4O4S. The molecule has 3 aromatic carbocycles. The number of ether oxygens (including phenoxy) is 1. The van der Waals surface area contributed by atoms with Crippen LogP contribution in [0, 0.1) is 10.1 Å². The Hall–Kier alpha value is -3.95. The maximum atomic E-state index is 12.5. The number of amidine groups is 1. The fourth-order valence-corrected chi connectivity index (χ4v) is 5.13. The minimum atomic E-state index is -0.424. The third kappa shape index (κ3) is 6.44. The molecule has 0 unspecified atom stereocenters. The van der Waals surface area contributed by atoms with E-state index < -0.39 is 4.92 Å². The van der Waals surface area contributed by atoms with Crippen LogP contribution in [-0.2, 0) is 17.9 Å². The predicted octanol–water partition coefficient (Wildman–Crippen LogP) is 4.96. The molecular weight excluding hydrogens is 488 g/mol. The van der Waals surface area contributed by atoms with Crippen LogP contribution in [0.15, 0.2) is 88.8 Å². The van der Waals surface area contributed by atoms with E-state index in [0.717, 1.165) is 49.0 Å². The molecule has 2 heterocycles. The van der Waals surface area contributed by atoms with Gasteiger partial charge >= 0.3 is 0 Å².